The van der Waals surface area contributed by atoms with Crippen molar-refractivity contribution in [1.82, 2.24) is 0 Å². The molecule has 1 atom stereocenters. The van der Waals surface area contributed by atoms with Gasteiger partial charge in [-0.2, -0.15) is 0 Å². The van der Waals surface area contributed by atoms with E-state index in [0.29, 0.717) is 0 Å². The molecule has 0 fully saturated rings. The second-order valence-corrected chi connectivity index (χ2v) is 8.20. The molecular weight excluding hydrogens is 481 g/mol. The Balaban J connectivity index is 0.000001000. The normalized spacial score (nSPS) is 19.4. The van der Waals surface area contributed by atoms with Gasteiger partial charge in [-0.05, 0) is 0 Å². The molecule has 0 amide bonds. The van der Waals surface area contributed by atoms with Crippen molar-refractivity contribution in [2.45, 2.75) is 10.3 Å². The van der Waals surface area contributed by atoms with Crippen molar-refractivity contribution in [3.63, 3.8) is 0 Å². The molecule has 0 aromatic heterocycles. The van der Waals surface area contributed by atoms with Crippen LogP contribution in [0, 0.1) is 0 Å². The quantitative estimate of drug-likeness (QED) is 0.417. The fourth-order valence-electron chi connectivity index (χ4n) is 2.41. The van der Waals surface area contributed by atoms with E-state index in [1.165, 1.54) is 46.3 Å². The van der Waals surface area contributed by atoms with Crippen LogP contribution in [-0.4, -0.2) is 3.42 Å². The summed E-state index contributed by atoms with van der Waals surface area (Å²) in [5, 5.41) is 2.85. The Hall–Kier alpha value is 0.373. The third-order valence-electron chi connectivity index (χ3n) is 3.36. The second kappa shape index (κ2) is 7.09. The number of benzene rings is 2. The van der Waals surface area contributed by atoms with Gasteiger partial charge in [0, 0.05) is 0 Å². The van der Waals surface area contributed by atoms with Gasteiger partial charge in [0.2, 0.25) is 0 Å². The van der Waals surface area contributed by atoms with E-state index in [1.54, 1.807) is 3.28 Å². The largest absolute Gasteiger partial charge is 0.147 e. The van der Waals surface area contributed by atoms with Crippen LogP contribution in [0.3, 0.4) is 0 Å². The van der Waals surface area contributed by atoms with Crippen molar-refractivity contribution < 1.29 is 24.7 Å². The van der Waals surface area contributed by atoms with E-state index in [1.807, 2.05) is 0 Å². The molecule has 20 heavy (non-hydrogen) atoms. The van der Waals surface area contributed by atoms with Crippen molar-refractivity contribution in [2.24, 2.45) is 0 Å². The smallest absolute Gasteiger partial charge is 0.147 e. The zero-order valence-electron chi connectivity index (χ0n) is 10.9. The Kier molecular flexibility index (Phi) is 6.53. The summed E-state index contributed by atoms with van der Waals surface area (Å²) >= 11 is 4.07. The average Bonchev–Trinajstić information content (AvgIpc) is 2.61. The van der Waals surface area contributed by atoms with Crippen molar-refractivity contribution in [2.75, 3.05) is 0 Å². The number of rotatable bonds is 1. The van der Waals surface area contributed by atoms with E-state index in [4.69, 9.17) is 0 Å². The van der Waals surface area contributed by atoms with Gasteiger partial charge in [-0.15, -0.1) is 24.8 Å². The molecule has 1 unspecified atom stereocenters. The van der Waals surface area contributed by atoms with E-state index < -0.39 is 0 Å². The van der Waals surface area contributed by atoms with Crippen LogP contribution in [0.25, 0.3) is 20.5 Å². The molecule has 1 aliphatic carbocycles. The summed E-state index contributed by atoms with van der Waals surface area (Å²) in [6.07, 6.45) is 2.41. The minimum Gasteiger partial charge on any atom is -0.147 e. The maximum absolute atomic E-state index is 2.55. The summed E-state index contributed by atoms with van der Waals surface area (Å²) in [4.78, 5) is 0. The fraction of sp³-hybridized carbons (Fsp3) is 0.125. The Morgan fingerprint density at radius 2 is 1.60 bits per heavy atom. The van der Waals surface area contributed by atoms with E-state index in [-0.39, 0.29) is 28.2 Å². The van der Waals surface area contributed by atoms with E-state index in [0.717, 1.165) is 0 Å². The minimum absolute atomic E-state index is 0. The molecule has 2 aromatic rings. The van der Waals surface area contributed by atoms with Crippen molar-refractivity contribution >= 4 is 56.8 Å². The predicted molar refractivity (Wildman–Crippen MR) is 95.9 cm³/mol. The van der Waals surface area contributed by atoms with Crippen molar-refractivity contribution in [3.8, 4) is 11.1 Å². The first-order valence-corrected chi connectivity index (χ1v) is 8.23. The molecule has 0 radical (unpaired) electrons. The van der Waals surface area contributed by atoms with Crippen molar-refractivity contribution in [1.29, 1.82) is 0 Å². The molecule has 0 nitrogen and oxygen atoms in total. The minimum atomic E-state index is 0. The number of fused-ring (bicyclic) bond motifs is 1. The van der Waals surface area contributed by atoms with Gasteiger partial charge in [0.15, 0.2) is 0 Å². The van der Waals surface area contributed by atoms with Gasteiger partial charge in [0.05, 0.1) is 0 Å². The standard InChI is InChI=1S/C16H12I.2ClH.Zr/c1-16(17)10-13-8-5-9-14(15(13)11-16)12-6-3-2-4-7-12;;;/h2-9,11H,1H3;2*1H;. The van der Waals surface area contributed by atoms with Gasteiger partial charge in [-0.1, -0.05) is 0 Å². The molecule has 0 spiro atoms. The van der Waals surface area contributed by atoms with Crippen LogP contribution in [0.4, 0.5) is 0 Å². The average molecular weight is 495 g/mol. The Bertz CT molecular complexity index is 724. The monoisotopic (exact) mass is 493 g/mol. The van der Waals surface area contributed by atoms with Crippen LogP contribution in [0.5, 0.6) is 0 Å². The molecule has 0 saturated heterocycles. The summed E-state index contributed by atoms with van der Waals surface area (Å²) in [6, 6.07) is 17.3. The van der Waals surface area contributed by atoms with Gasteiger partial charge in [0.25, 0.3) is 0 Å². The summed E-state index contributed by atoms with van der Waals surface area (Å²) in [5.74, 6) is 0. The van der Waals surface area contributed by atoms with Crippen LogP contribution >= 0.6 is 47.4 Å². The zero-order valence-corrected chi connectivity index (χ0v) is 17.1. The summed E-state index contributed by atoms with van der Waals surface area (Å²) in [6.45, 7) is 2.30. The first kappa shape index (κ1) is 18.4. The summed E-state index contributed by atoms with van der Waals surface area (Å²) < 4.78 is 1.73. The van der Waals surface area contributed by atoms with E-state index >= 15 is 0 Å². The van der Waals surface area contributed by atoms with Crippen LogP contribution in [0.2, 0.25) is 0 Å². The summed E-state index contributed by atoms with van der Waals surface area (Å²) in [7, 11) is 0. The molecule has 103 valence electrons. The van der Waals surface area contributed by atoms with Gasteiger partial charge >= 0.3 is 137 Å². The zero-order chi connectivity index (χ0) is 12.8. The first-order valence-electron chi connectivity index (χ1n) is 5.92. The predicted octanol–water partition coefficient (Wildman–Crippen LogP) is 3.84. The Morgan fingerprint density at radius 3 is 2.25 bits per heavy atom. The number of hydrogen-bond acceptors (Lipinski definition) is 0. The molecule has 3 rings (SSSR count). The van der Waals surface area contributed by atoms with Gasteiger partial charge in [0.1, 0.15) is 0 Å². The maximum atomic E-state index is 2.55. The molecule has 0 bridgehead atoms. The molecule has 0 heterocycles. The molecule has 1 aliphatic rings. The first-order chi connectivity index (χ1) is 8.59. The molecule has 0 aliphatic heterocycles. The van der Waals surface area contributed by atoms with E-state index in [2.05, 4.69) is 84.1 Å². The third kappa shape index (κ3) is 3.24. The molecular formula is C16H14Cl2IZr. The Morgan fingerprint density at radius 1 is 0.950 bits per heavy atom. The van der Waals surface area contributed by atoms with Crippen LogP contribution in [0.15, 0.2) is 48.5 Å². The fourth-order valence-corrected chi connectivity index (χ4v) is 3.73. The molecule has 4 heteroatoms. The van der Waals surface area contributed by atoms with Gasteiger partial charge in [-0.3, -0.25) is 0 Å². The Labute approximate surface area is 160 Å². The topological polar surface area (TPSA) is 0 Å². The molecule has 0 N–H and O–H groups in total. The van der Waals surface area contributed by atoms with Gasteiger partial charge in [-0.25, -0.2) is 0 Å². The number of alkyl halides is 1. The van der Waals surface area contributed by atoms with Gasteiger partial charge < -0.3 is 0 Å². The maximum Gasteiger partial charge on any atom is -0.147 e. The van der Waals surface area contributed by atoms with E-state index in [9.17, 15) is 0 Å². The SMILES string of the molecule is CC1(I)C=c2c(-c3ccccc3)cccc2=[C]1[Zr].Cl.Cl. The summed E-state index contributed by atoms with van der Waals surface area (Å²) in [5.41, 5.74) is 2.66. The van der Waals surface area contributed by atoms with Crippen LogP contribution < -0.4 is 10.4 Å². The number of halogens is 3. The molecule has 2 aromatic carbocycles. The van der Waals surface area contributed by atoms with Crippen molar-refractivity contribution in [3.05, 3.63) is 59.0 Å². The number of hydrogen-bond donors (Lipinski definition) is 0. The second-order valence-electron chi connectivity index (χ2n) is 4.73. The van der Waals surface area contributed by atoms with Crippen LogP contribution in [0.1, 0.15) is 6.92 Å². The molecule has 0 saturated carbocycles. The van der Waals surface area contributed by atoms with Crippen LogP contribution in [-0.2, 0) is 24.7 Å². The third-order valence-corrected chi connectivity index (χ3v) is 7.40.